The summed E-state index contributed by atoms with van der Waals surface area (Å²) in [7, 11) is 0. The first kappa shape index (κ1) is 31.7. The number of primary amides is 1. The van der Waals surface area contributed by atoms with Crippen molar-refractivity contribution in [3.05, 3.63) is 29.8 Å². The van der Waals surface area contributed by atoms with Crippen molar-refractivity contribution in [2.24, 2.45) is 5.73 Å². The quantitative estimate of drug-likeness (QED) is 0.260. The second-order valence-corrected chi connectivity index (χ2v) is 10.0. The van der Waals surface area contributed by atoms with E-state index in [2.05, 4.69) is 17.6 Å². The maximum absolute atomic E-state index is 13.9. The van der Waals surface area contributed by atoms with Crippen LogP contribution in [0.2, 0.25) is 0 Å². The maximum Gasteiger partial charge on any atom is 0.408 e. The zero-order chi connectivity index (χ0) is 28.0. The highest BCUT2D eigenvalue weighted by Crippen LogP contribution is 2.30. The number of nitrogens with two attached hydrogens (primary N) is 1. The summed E-state index contributed by atoms with van der Waals surface area (Å²) in [4.78, 5) is 52.8. The predicted molar refractivity (Wildman–Crippen MR) is 142 cm³/mol. The Hall–Kier alpha value is -3.30. The lowest BCUT2D eigenvalue weighted by Crippen LogP contribution is -2.53. The van der Waals surface area contributed by atoms with Crippen LogP contribution in [0.25, 0.3) is 0 Å². The molecule has 0 radical (unpaired) electrons. The summed E-state index contributed by atoms with van der Waals surface area (Å²) in [5, 5.41) is 16.1. The van der Waals surface area contributed by atoms with Crippen LogP contribution in [0.3, 0.4) is 0 Å². The van der Waals surface area contributed by atoms with Crippen LogP contribution >= 0.6 is 0 Å². The molecule has 0 fully saturated rings. The second-order valence-electron chi connectivity index (χ2n) is 10.0. The van der Waals surface area contributed by atoms with Gasteiger partial charge in [0.2, 0.25) is 17.7 Å². The van der Waals surface area contributed by atoms with E-state index >= 15 is 0 Å². The van der Waals surface area contributed by atoms with Gasteiger partial charge in [0.25, 0.3) is 0 Å². The number of carbonyl (C=O) groups is 4. The fourth-order valence-corrected chi connectivity index (χ4v) is 3.74. The van der Waals surface area contributed by atoms with Crippen molar-refractivity contribution in [1.29, 1.82) is 0 Å². The number of hydrogen-bond donors (Lipinski definition) is 4. The molecule has 37 heavy (non-hydrogen) atoms. The topological polar surface area (TPSA) is 151 Å². The number of ether oxygens (including phenoxy) is 1. The van der Waals surface area contributed by atoms with Crippen LogP contribution in [0.15, 0.2) is 24.3 Å². The summed E-state index contributed by atoms with van der Waals surface area (Å²) in [6.45, 7) is 9.70. The van der Waals surface area contributed by atoms with E-state index in [0.29, 0.717) is 13.0 Å². The number of unbranched alkanes of at least 4 members (excludes halogenated alkanes) is 3. The number of nitrogens with zero attached hydrogens (tertiary/aromatic N) is 1. The molecule has 208 valence electrons. The van der Waals surface area contributed by atoms with E-state index in [1.165, 1.54) is 11.0 Å². The highest BCUT2D eigenvalue weighted by Gasteiger charge is 2.37. The normalized spacial score (nSPS) is 12.8. The van der Waals surface area contributed by atoms with E-state index in [-0.39, 0.29) is 30.7 Å². The van der Waals surface area contributed by atoms with Gasteiger partial charge in [-0.1, -0.05) is 51.3 Å². The standard InChI is InChI=1S/C27H44N4O6/c1-6-8-12-17-29-24(34)23(19-13-10-11-14-21(19)32)31(18-9-7-2)25(35)20(15-16-22(28)33)30-26(36)37-27(3,4)5/h10-11,13-14,20,23,32H,6-9,12,15-18H2,1-5H3,(H2,28,33)(H,29,34)(H,30,36). The summed E-state index contributed by atoms with van der Waals surface area (Å²) < 4.78 is 5.32. The fourth-order valence-electron chi connectivity index (χ4n) is 3.74. The molecule has 2 unspecified atom stereocenters. The highest BCUT2D eigenvalue weighted by molar-refractivity contribution is 5.92. The van der Waals surface area contributed by atoms with Crippen molar-refractivity contribution in [2.75, 3.05) is 13.1 Å². The van der Waals surface area contributed by atoms with Crippen LogP contribution in [-0.4, -0.2) is 58.6 Å². The molecule has 0 aromatic heterocycles. The number of alkyl carbamates (subject to hydrolysis) is 1. The van der Waals surface area contributed by atoms with Gasteiger partial charge in [0.15, 0.2) is 0 Å². The van der Waals surface area contributed by atoms with Gasteiger partial charge in [-0.3, -0.25) is 14.4 Å². The van der Waals surface area contributed by atoms with Gasteiger partial charge in [-0.05, 0) is 46.1 Å². The molecule has 4 amide bonds. The van der Waals surface area contributed by atoms with Gasteiger partial charge in [0.05, 0.1) is 0 Å². The molecule has 2 atom stereocenters. The predicted octanol–water partition coefficient (Wildman–Crippen LogP) is 3.53. The number of phenolic OH excluding ortho intramolecular Hbond substituents is 1. The molecule has 0 aliphatic carbocycles. The molecule has 0 saturated heterocycles. The number of nitrogens with one attached hydrogen (secondary N) is 2. The van der Waals surface area contributed by atoms with Crippen LogP contribution in [0.4, 0.5) is 4.79 Å². The van der Waals surface area contributed by atoms with Gasteiger partial charge < -0.3 is 31.1 Å². The first-order valence-corrected chi connectivity index (χ1v) is 13.0. The van der Waals surface area contributed by atoms with Gasteiger partial charge in [-0.2, -0.15) is 0 Å². The molecule has 1 aromatic rings. The smallest absolute Gasteiger partial charge is 0.408 e. The van der Waals surface area contributed by atoms with Gasteiger partial charge in [0, 0.05) is 25.1 Å². The lowest BCUT2D eigenvalue weighted by molar-refractivity contribution is -0.143. The maximum atomic E-state index is 13.9. The minimum Gasteiger partial charge on any atom is -0.508 e. The van der Waals surface area contributed by atoms with Crippen LogP contribution in [-0.2, 0) is 19.1 Å². The van der Waals surface area contributed by atoms with Crippen molar-refractivity contribution < 1.29 is 29.0 Å². The Morgan fingerprint density at radius 1 is 1.05 bits per heavy atom. The van der Waals surface area contributed by atoms with Crippen LogP contribution in [0.1, 0.15) is 91.2 Å². The molecule has 10 nitrogen and oxygen atoms in total. The Labute approximate surface area is 220 Å². The molecule has 0 aliphatic heterocycles. The van der Waals surface area contributed by atoms with Crippen LogP contribution < -0.4 is 16.4 Å². The van der Waals surface area contributed by atoms with E-state index in [4.69, 9.17) is 10.5 Å². The number of amides is 4. The Morgan fingerprint density at radius 2 is 1.70 bits per heavy atom. The summed E-state index contributed by atoms with van der Waals surface area (Å²) in [5.74, 6) is -1.76. The Balaban J connectivity index is 3.42. The van der Waals surface area contributed by atoms with Gasteiger partial charge >= 0.3 is 6.09 Å². The summed E-state index contributed by atoms with van der Waals surface area (Å²) >= 11 is 0. The summed E-state index contributed by atoms with van der Waals surface area (Å²) in [6, 6.07) is 4.06. The number of aromatic hydroxyl groups is 1. The third-order valence-electron chi connectivity index (χ3n) is 5.58. The Kier molecular flexibility index (Phi) is 13.5. The first-order chi connectivity index (χ1) is 17.4. The summed E-state index contributed by atoms with van der Waals surface area (Å²) in [6.07, 6.45) is 2.97. The zero-order valence-corrected chi connectivity index (χ0v) is 22.8. The fraction of sp³-hybridized carbons (Fsp3) is 0.630. The van der Waals surface area contributed by atoms with E-state index in [1.54, 1.807) is 39.0 Å². The number of rotatable bonds is 15. The number of hydrogen-bond acceptors (Lipinski definition) is 6. The molecular formula is C27H44N4O6. The molecule has 0 aliphatic rings. The molecule has 5 N–H and O–H groups in total. The number of phenols is 1. The third-order valence-corrected chi connectivity index (χ3v) is 5.58. The SMILES string of the molecule is CCCCCNC(=O)C(c1ccccc1O)N(CCCC)C(=O)C(CCC(N)=O)NC(=O)OC(C)(C)C. The monoisotopic (exact) mass is 520 g/mol. The minimum absolute atomic E-state index is 0.0678. The zero-order valence-electron chi connectivity index (χ0n) is 22.8. The minimum atomic E-state index is -1.17. The molecule has 0 heterocycles. The van der Waals surface area contributed by atoms with Crippen LogP contribution in [0.5, 0.6) is 5.75 Å². The van der Waals surface area contributed by atoms with Gasteiger partial charge in [-0.15, -0.1) is 0 Å². The first-order valence-electron chi connectivity index (χ1n) is 13.0. The molecule has 1 aromatic carbocycles. The molecule has 0 bridgehead atoms. The third kappa shape index (κ3) is 11.5. The Morgan fingerprint density at radius 3 is 2.27 bits per heavy atom. The van der Waals surface area contributed by atoms with Crippen molar-refractivity contribution in [1.82, 2.24) is 15.5 Å². The van der Waals surface area contributed by atoms with Crippen molar-refractivity contribution >= 4 is 23.8 Å². The largest absolute Gasteiger partial charge is 0.508 e. The van der Waals surface area contributed by atoms with Crippen molar-refractivity contribution in [3.8, 4) is 5.75 Å². The molecular weight excluding hydrogens is 476 g/mol. The highest BCUT2D eigenvalue weighted by atomic mass is 16.6. The average Bonchev–Trinajstić information content (AvgIpc) is 2.81. The van der Waals surface area contributed by atoms with Crippen LogP contribution in [0, 0.1) is 0 Å². The lowest BCUT2D eigenvalue weighted by atomic mass is 10.00. The van der Waals surface area contributed by atoms with Crippen molar-refractivity contribution in [3.63, 3.8) is 0 Å². The average molecular weight is 521 g/mol. The van der Waals surface area contributed by atoms with E-state index in [1.807, 2.05) is 6.92 Å². The number of benzene rings is 1. The lowest BCUT2D eigenvalue weighted by Gasteiger charge is -2.34. The second kappa shape index (κ2) is 15.7. The van der Waals surface area contributed by atoms with Gasteiger partial charge in [-0.25, -0.2) is 4.79 Å². The molecule has 1 rings (SSSR count). The van der Waals surface area contributed by atoms with Gasteiger partial charge in [0.1, 0.15) is 23.4 Å². The number of para-hydroxylation sites is 1. The van der Waals surface area contributed by atoms with E-state index in [9.17, 15) is 24.3 Å². The van der Waals surface area contributed by atoms with E-state index < -0.39 is 41.5 Å². The van der Waals surface area contributed by atoms with E-state index in [0.717, 1.165) is 25.7 Å². The summed E-state index contributed by atoms with van der Waals surface area (Å²) in [5.41, 5.74) is 4.79. The molecule has 10 heteroatoms. The Bertz CT molecular complexity index is 899. The number of carbonyl (C=O) groups excluding carboxylic acids is 4. The molecule has 0 saturated carbocycles. The molecule has 0 spiro atoms. The van der Waals surface area contributed by atoms with Crippen molar-refractivity contribution in [2.45, 2.75) is 97.2 Å².